The van der Waals surface area contributed by atoms with Crippen molar-refractivity contribution in [3.05, 3.63) is 23.2 Å². The van der Waals surface area contributed by atoms with Crippen molar-refractivity contribution in [2.75, 3.05) is 32.1 Å². The summed E-state index contributed by atoms with van der Waals surface area (Å²) < 4.78 is 5.31. The third kappa shape index (κ3) is 3.79. The standard InChI is InChI=1S/C14H21ClN2O/c1-18-14-5-4-12(15)9-13(14)17-8-6-11-3-2-7-16-10-11/h4-5,9,11,16-17H,2-3,6-8,10H2,1H3. The molecule has 4 heteroatoms. The number of anilines is 1. The van der Waals surface area contributed by atoms with Crippen molar-refractivity contribution in [2.24, 2.45) is 5.92 Å². The second-order valence-corrected chi connectivity index (χ2v) is 5.21. The normalized spacial score (nSPS) is 19.6. The molecule has 0 radical (unpaired) electrons. The fraction of sp³-hybridized carbons (Fsp3) is 0.571. The first-order valence-electron chi connectivity index (χ1n) is 6.57. The highest BCUT2D eigenvalue weighted by Gasteiger charge is 2.12. The molecular weight excluding hydrogens is 248 g/mol. The van der Waals surface area contributed by atoms with Crippen LogP contribution in [0, 0.1) is 5.92 Å². The molecular formula is C14H21ClN2O. The minimum atomic E-state index is 0.734. The number of halogens is 1. The van der Waals surface area contributed by atoms with Crippen molar-refractivity contribution in [3.63, 3.8) is 0 Å². The Kier molecular flexibility index (Phi) is 5.14. The van der Waals surface area contributed by atoms with Crippen LogP contribution in [0.5, 0.6) is 5.75 Å². The summed E-state index contributed by atoms with van der Waals surface area (Å²) in [5, 5.41) is 7.59. The lowest BCUT2D eigenvalue weighted by atomic mass is 9.96. The van der Waals surface area contributed by atoms with E-state index in [9.17, 15) is 0 Å². The number of ether oxygens (including phenoxy) is 1. The quantitative estimate of drug-likeness (QED) is 0.861. The van der Waals surface area contributed by atoms with Crippen molar-refractivity contribution in [2.45, 2.75) is 19.3 Å². The van der Waals surface area contributed by atoms with Gasteiger partial charge in [0.1, 0.15) is 5.75 Å². The van der Waals surface area contributed by atoms with Crippen LogP contribution in [-0.4, -0.2) is 26.7 Å². The Bertz CT molecular complexity index is 378. The van der Waals surface area contributed by atoms with Crippen molar-refractivity contribution in [1.82, 2.24) is 5.32 Å². The number of benzene rings is 1. The van der Waals surface area contributed by atoms with E-state index in [-0.39, 0.29) is 0 Å². The van der Waals surface area contributed by atoms with Crippen LogP contribution in [-0.2, 0) is 0 Å². The summed E-state index contributed by atoms with van der Waals surface area (Å²) in [7, 11) is 1.68. The maximum Gasteiger partial charge on any atom is 0.142 e. The molecule has 18 heavy (non-hydrogen) atoms. The molecule has 2 rings (SSSR count). The van der Waals surface area contributed by atoms with Gasteiger partial charge < -0.3 is 15.4 Å². The van der Waals surface area contributed by atoms with Gasteiger partial charge in [-0.15, -0.1) is 0 Å². The van der Waals surface area contributed by atoms with Crippen molar-refractivity contribution in [1.29, 1.82) is 0 Å². The van der Waals surface area contributed by atoms with Gasteiger partial charge in [0.2, 0.25) is 0 Å². The molecule has 0 saturated carbocycles. The highest BCUT2D eigenvalue weighted by Crippen LogP contribution is 2.27. The van der Waals surface area contributed by atoms with Crippen molar-refractivity contribution < 1.29 is 4.74 Å². The van der Waals surface area contributed by atoms with Gasteiger partial charge in [-0.3, -0.25) is 0 Å². The third-order valence-corrected chi connectivity index (χ3v) is 3.66. The lowest BCUT2D eigenvalue weighted by molar-refractivity contribution is 0.364. The number of piperidine rings is 1. The molecule has 1 aliphatic rings. The van der Waals surface area contributed by atoms with E-state index in [4.69, 9.17) is 16.3 Å². The summed E-state index contributed by atoms with van der Waals surface area (Å²) in [5.74, 6) is 1.64. The lowest BCUT2D eigenvalue weighted by Crippen LogP contribution is -2.30. The molecule has 1 saturated heterocycles. The number of hydrogen-bond donors (Lipinski definition) is 2. The molecule has 1 atom stereocenters. The Morgan fingerprint density at radius 1 is 1.50 bits per heavy atom. The summed E-state index contributed by atoms with van der Waals surface area (Å²) in [6, 6.07) is 5.66. The molecule has 1 aliphatic heterocycles. The molecule has 1 aromatic rings. The number of nitrogens with one attached hydrogen (secondary N) is 2. The first kappa shape index (κ1) is 13.5. The zero-order valence-corrected chi connectivity index (χ0v) is 11.6. The minimum absolute atomic E-state index is 0.734. The van der Waals surface area contributed by atoms with Gasteiger partial charge in [0.25, 0.3) is 0 Å². The predicted octanol–water partition coefficient (Wildman–Crippen LogP) is 3.15. The van der Waals surface area contributed by atoms with Crippen LogP contribution in [0.1, 0.15) is 19.3 Å². The van der Waals surface area contributed by atoms with Crippen LogP contribution in [0.2, 0.25) is 5.02 Å². The number of rotatable bonds is 5. The average Bonchev–Trinajstić information content (AvgIpc) is 2.40. The zero-order chi connectivity index (χ0) is 12.8. The summed E-state index contributed by atoms with van der Waals surface area (Å²) >= 11 is 6.00. The molecule has 100 valence electrons. The van der Waals surface area contributed by atoms with Gasteiger partial charge in [0.15, 0.2) is 0 Å². The molecule has 1 aromatic carbocycles. The number of methoxy groups -OCH3 is 1. The molecule has 1 fully saturated rings. The Hall–Kier alpha value is -0.930. The van der Waals surface area contributed by atoms with Crippen LogP contribution in [0.4, 0.5) is 5.69 Å². The molecule has 0 aromatic heterocycles. The molecule has 0 aliphatic carbocycles. The van der Waals surface area contributed by atoms with E-state index < -0.39 is 0 Å². The third-order valence-electron chi connectivity index (χ3n) is 3.43. The monoisotopic (exact) mass is 268 g/mol. The van der Waals surface area contributed by atoms with Crippen LogP contribution in [0.15, 0.2) is 18.2 Å². The van der Waals surface area contributed by atoms with Gasteiger partial charge in [0.05, 0.1) is 12.8 Å². The highest BCUT2D eigenvalue weighted by atomic mass is 35.5. The maximum absolute atomic E-state index is 6.00. The Labute approximate surface area is 114 Å². The summed E-state index contributed by atoms with van der Waals surface area (Å²) in [4.78, 5) is 0. The van der Waals surface area contributed by atoms with E-state index in [2.05, 4.69) is 10.6 Å². The van der Waals surface area contributed by atoms with Gasteiger partial charge in [0, 0.05) is 11.6 Å². The summed E-state index contributed by atoms with van der Waals surface area (Å²) in [6.07, 6.45) is 3.81. The first-order chi connectivity index (χ1) is 8.79. The molecule has 0 amide bonds. The van der Waals surface area contributed by atoms with E-state index in [1.54, 1.807) is 7.11 Å². The molecule has 0 spiro atoms. The summed E-state index contributed by atoms with van der Waals surface area (Å²) in [6.45, 7) is 3.28. The fourth-order valence-corrected chi connectivity index (χ4v) is 2.57. The predicted molar refractivity (Wildman–Crippen MR) is 76.7 cm³/mol. The molecule has 1 unspecified atom stereocenters. The Morgan fingerprint density at radius 2 is 2.39 bits per heavy atom. The van der Waals surface area contributed by atoms with Gasteiger partial charge in [-0.1, -0.05) is 11.6 Å². The van der Waals surface area contributed by atoms with E-state index >= 15 is 0 Å². The van der Waals surface area contributed by atoms with E-state index in [0.717, 1.165) is 35.5 Å². The SMILES string of the molecule is COc1ccc(Cl)cc1NCCC1CCCNC1. The minimum Gasteiger partial charge on any atom is -0.495 e. The molecule has 1 heterocycles. The summed E-state index contributed by atoms with van der Waals surface area (Å²) in [5.41, 5.74) is 0.980. The average molecular weight is 269 g/mol. The van der Waals surface area contributed by atoms with Crippen molar-refractivity contribution >= 4 is 17.3 Å². The Morgan fingerprint density at radius 3 is 3.11 bits per heavy atom. The fourth-order valence-electron chi connectivity index (χ4n) is 2.40. The zero-order valence-electron chi connectivity index (χ0n) is 10.8. The van der Waals surface area contributed by atoms with Crippen LogP contribution in [0.25, 0.3) is 0 Å². The second-order valence-electron chi connectivity index (χ2n) is 4.77. The largest absolute Gasteiger partial charge is 0.495 e. The van der Waals surface area contributed by atoms with Crippen molar-refractivity contribution in [3.8, 4) is 5.75 Å². The van der Waals surface area contributed by atoms with E-state index in [1.807, 2.05) is 18.2 Å². The molecule has 3 nitrogen and oxygen atoms in total. The second kappa shape index (κ2) is 6.86. The van der Waals surface area contributed by atoms with E-state index in [0.29, 0.717) is 0 Å². The highest BCUT2D eigenvalue weighted by molar-refractivity contribution is 6.30. The van der Waals surface area contributed by atoms with Gasteiger partial charge in [-0.25, -0.2) is 0 Å². The first-order valence-corrected chi connectivity index (χ1v) is 6.95. The van der Waals surface area contributed by atoms with Gasteiger partial charge >= 0.3 is 0 Å². The Balaban J connectivity index is 1.83. The van der Waals surface area contributed by atoms with Crippen LogP contribution >= 0.6 is 11.6 Å². The van der Waals surface area contributed by atoms with Gasteiger partial charge in [-0.05, 0) is 56.5 Å². The lowest BCUT2D eigenvalue weighted by Gasteiger charge is -2.23. The molecule has 0 bridgehead atoms. The smallest absolute Gasteiger partial charge is 0.142 e. The maximum atomic E-state index is 6.00. The topological polar surface area (TPSA) is 33.3 Å². The number of hydrogen-bond acceptors (Lipinski definition) is 3. The molecule has 2 N–H and O–H groups in total. The van der Waals surface area contributed by atoms with Crippen LogP contribution in [0.3, 0.4) is 0 Å². The van der Waals surface area contributed by atoms with E-state index in [1.165, 1.54) is 25.8 Å². The van der Waals surface area contributed by atoms with Gasteiger partial charge in [-0.2, -0.15) is 0 Å². The van der Waals surface area contributed by atoms with Crippen LogP contribution < -0.4 is 15.4 Å².